The van der Waals surface area contributed by atoms with E-state index in [9.17, 15) is 8.42 Å². The second kappa shape index (κ2) is 5.46. The van der Waals surface area contributed by atoms with Crippen molar-refractivity contribution in [3.63, 3.8) is 0 Å². The van der Waals surface area contributed by atoms with Gasteiger partial charge in [-0.05, 0) is 19.4 Å². The van der Waals surface area contributed by atoms with Gasteiger partial charge in [0.25, 0.3) is 0 Å². The molecule has 0 aliphatic carbocycles. The third kappa shape index (κ3) is 3.45. The minimum Gasteiger partial charge on any atom is -0.362 e. The molecule has 0 radical (unpaired) electrons. The predicted octanol–water partition coefficient (Wildman–Crippen LogP) is 2.11. The van der Waals surface area contributed by atoms with Crippen molar-refractivity contribution in [3.8, 4) is 0 Å². The van der Waals surface area contributed by atoms with Crippen LogP contribution in [-0.4, -0.2) is 30.2 Å². The third-order valence-electron chi connectivity index (χ3n) is 2.86. The zero-order chi connectivity index (χ0) is 14.0. The number of sulfone groups is 1. The number of hydrogen-bond donors (Lipinski definition) is 1. The molecule has 1 unspecified atom stereocenters. The smallest absolute Gasteiger partial charge is 0.173 e. The van der Waals surface area contributed by atoms with E-state index in [0.717, 1.165) is 18.4 Å². The van der Waals surface area contributed by atoms with E-state index in [2.05, 4.69) is 15.3 Å². The molecule has 0 saturated carbocycles. The molecular formula is C12H16ClN3O2S. The lowest BCUT2D eigenvalue weighted by Crippen LogP contribution is -2.22. The Labute approximate surface area is 118 Å². The molecule has 1 aromatic heterocycles. The van der Waals surface area contributed by atoms with Crippen molar-refractivity contribution in [2.24, 2.45) is 0 Å². The molecule has 0 spiro atoms. The van der Waals surface area contributed by atoms with E-state index in [1.807, 2.05) is 13.8 Å². The van der Waals surface area contributed by atoms with E-state index < -0.39 is 9.84 Å². The van der Waals surface area contributed by atoms with Crippen LogP contribution in [0, 0.1) is 6.92 Å². The largest absolute Gasteiger partial charge is 0.362 e. The minimum absolute atomic E-state index is 0.0528. The van der Waals surface area contributed by atoms with E-state index in [-0.39, 0.29) is 11.8 Å². The lowest BCUT2D eigenvalue weighted by atomic mass is 10.2. The standard InChI is InChI=1S/C12H16ClN3O2S/c1-3-4-10-15-11(13)8(2)12(16-10)14-9-5-6-19(17,18)7-9/h5-6,9H,3-4,7H2,1-2H3,(H,14,15,16). The highest BCUT2D eigenvalue weighted by atomic mass is 35.5. The first-order valence-electron chi connectivity index (χ1n) is 6.12. The van der Waals surface area contributed by atoms with Gasteiger partial charge in [-0.1, -0.05) is 18.5 Å². The Balaban J connectivity index is 2.23. The summed E-state index contributed by atoms with van der Waals surface area (Å²) in [5, 5.41) is 4.74. The van der Waals surface area contributed by atoms with Crippen LogP contribution < -0.4 is 5.32 Å². The molecule has 7 heteroatoms. The summed E-state index contributed by atoms with van der Waals surface area (Å²) in [6, 6.07) is -0.260. The highest BCUT2D eigenvalue weighted by Crippen LogP contribution is 2.22. The Kier molecular flexibility index (Phi) is 4.10. The number of aryl methyl sites for hydroxylation is 1. The van der Waals surface area contributed by atoms with Crippen LogP contribution in [0.4, 0.5) is 5.82 Å². The van der Waals surface area contributed by atoms with E-state index >= 15 is 0 Å². The van der Waals surface area contributed by atoms with E-state index in [0.29, 0.717) is 16.8 Å². The molecule has 5 nitrogen and oxygen atoms in total. The average Bonchev–Trinajstić information content (AvgIpc) is 2.65. The van der Waals surface area contributed by atoms with Crippen LogP contribution in [0.1, 0.15) is 24.7 Å². The molecule has 0 saturated heterocycles. The maximum absolute atomic E-state index is 11.4. The molecule has 0 fully saturated rings. The fourth-order valence-electron chi connectivity index (χ4n) is 1.85. The first kappa shape index (κ1) is 14.3. The summed E-state index contributed by atoms with van der Waals surface area (Å²) in [4.78, 5) is 8.60. The molecule has 1 aliphatic rings. The minimum atomic E-state index is -3.08. The zero-order valence-electron chi connectivity index (χ0n) is 10.9. The fraction of sp³-hybridized carbons (Fsp3) is 0.500. The van der Waals surface area contributed by atoms with Gasteiger partial charge in [-0.25, -0.2) is 18.4 Å². The Morgan fingerprint density at radius 1 is 1.47 bits per heavy atom. The second-order valence-corrected chi connectivity index (χ2v) is 6.85. The number of anilines is 1. The lowest BCUT2D eigenvalue weighted by Gasteiger charge is -2.14. The normalized spacial score (nSPS) is 20.7. The van der Waals surface area contributed by atoms with Crippen molar-refractivity contribution in [2.75, 3.05) is 11.1 Å². The van der Waals surface area contributed by atoms with E-state index in [4.69, 9.17) is 11.6 Å². The zero-order valence-corrected chi connectivity index (χ0v) is 12.4. The maximum atomic E-state index is 11.4. The molecule has 1 aliphatic heterocycles. The third-order valence-corrected chi connectivity index (χ3v) is 4.62. The van der Waals surface area contributed by atoms with Gasteiger partial charge in [0.2, 0.25) is 0 Å². The first-order chi connectivity index (χ1) is 8.91. The number of nitrogens with one attached hydrogen (secondary N) is 1. The van der Waals surface area contributed by atoms with Crippen LogP contribution in [0.2, 0.25) is 5.15 Å². The summed E-state index contributed by atoms with van der Waals surface area (Å²) in [6.07, 6.45) is 3.30. The number of nitrogens with zero attached hydrogens (tertiary/aromatic N) is 2. The monoisotopic (exact) mass is 301 g/mol. The van der Waals surface area contributed by atoms with Crippen LogP contribution >= 0.6 is 11.6 Å². The van der Waals surface area contributed by atoms with Gasteiger partial charge in [0, 0.05) is 17.4 Å². The van der Waals surface area contributed by atoms with Crippen molar-refractivity contribution in [2.45, 2.75) is 32.7 Å². The van der Waals surface area contributed by atoms with Crippen LogP contribution in [0.5, 0.6) is 0 Å². The molecule has 19 heavy (non-hydrogen) atoms. The van der Waals surface area contributed by atoms with Crippen molar-refractivity contribution in [3.05, 3.63) is 28.0 Å². The molecule has 2 heterocycles. The molecule has 1 N–H and O–H groups in total. The van der Waals surface area contributed by atoms with Gasteiger partial charge in [-0.15, -0.1) is 0 Å². The average molecular weight is 302 g/mol. The number of aromatic nitrogens is 2. The Bertz CT molecular complexity index is 614. The highest BCUT2D eigenvalue weighted by Gasteiger charge is 2.22. The first-order valence-corrected chi connectivity index (χ1v) is 8.21. The Hall–Kier alpha value is -1.14. The van der Waals surface area contributed by atoms with E-state index in [1.54, 1.807) is 6.08 Å². The van der Waals surface area contributed by atoms with Gasteiger partial charge in [0.05, 0.1) is 11.8 Å². The van der Waals surface area contributed by atoms with E-state index in [1.165, 1.54) is 5.41 Å². The molecule has 1 aromatic rings. The van der Waals surface area contributed by atoms with Gasteiger partial charge >= 0.3 is 0 Å². The van der Waals surface area contributed by atoms with Crippen LogP contribution in [0.15, 0.2) is 11.5 Å². The van der Waals surface area contributed by atoms with Gasteiger partial charge in [0.15, 0.2) is 9.84 Å². The molecule has 0 aromatic carbocycles. The maximum Gasteiger partial charge on any atom is 0.173 e. The topological polar surface area (TPSA) is 72.0 Å². The van der Waals surface area contributed by atoms with Crippen molar-refractivity contribution >= 4 is 27.3 Å². The Morgan fingerprint density at radius 3 is 2.79 bits per heavy atom. The summed E-state index contributed by atoms with van der Waals surface area (Å²) < 4.78 is 22.7. The quantitative estimate of drug-likeness (QED) is 0.862. The molecule has 0 amide bonds. The van der Waals surface area contributed by atoms with Gasteiger partial charge < -0.3 is 5.32 Å². The lowest BCUT2D eigenvalue weighted by molar-refractivity contribution is 0.605. The molecule has 2 rings (SSSR count). The molecule has 0 bridgehead atoms. The predicted molar refractivity (Wildman–Crippen MR) is 76.1 cm³/mol. The number of hydrogen-bond acceptors (Lipinski definition) is 5. The molecule has 1 atom stereocenters. The van der Waals surface area contributed by atoms with Crippen molar-refractivity contribution < 1.29 is 8.42 Å². The Morgan fingerprint density at radius 2 is 2.21 bits per heavy atom. The number of rotatable bonds is 4. The summed E-state index contributed by atoms with van der Waals surface area (Å²) in [6.45, 7) is 3.85. The van der Waals surface area contributed by atoms with Crippen molar-refractivity contribution in [1.82, 2.24) is 9.97 Å². The fourth-order valence-corrected chi connectivity index (χ4v) is 3.27. The molecule has 104 valence electrons. The van der Waals surface area contributed by atoms with Crippen LogP contribution in [-0.2, 0) is 16.3 Å². The van der Waals surface area contributed by atoms with Gasteiger partial charge in [-0.2, -0.15) is 0 Å². The number of halogens is 1. The van der Waals surface area contributed by atoms with Crippen molar-refractivity contribution in [1.29, 1.82) is 0 Å². The second-order valence-electron chi connectivity index (χ2n) is 4.56. The van der Waals surface area contributed by atoms with Gasteiger partial charge in [-0.3, -0.25) is 0 Å². The van der Waals surface area contributed by atoms with Crippen LogP contribution in [0.3, 0.4) is 0 Å². The summed E-state index contributed by atoms with van der Waals surface area (Å²) in [5.41, 5.74) is 0.735. The summed E-state index contributed by atoms with van der Waals surface area (Å²) in [7, 11) is -3.08. The van der Waals surface area contributed by atoms with Crippen LogP contribution in [0.25, 0.3) is 0 Å². The SMILES string of the molecule is CCCc1nc(Cl)c(C)c(NC2C=CS(=O)(=O)C2)n1. The highest BCUT2D eigenvalue weighted by molar-refractivity contribution is 7.94. The summed E-state index contributed by atoms with van der Waals surface area (Å²) >= 11 is 6.07. The summed E-state index contributed by atoms with van der Waals surface area (Å²) in [5.74, 6) is 1.33. The van der Waals surface area contributed by atoms with Gasteiger partial charge in [0.1, 0.15) is 16.8 Å². The molecular weight excluding hydrogens is 286 g/mol.